The van der Waals surface area contributed by atoms with Crippen LogP contribution in [0.2, 0.25) is 0 Å². The third kappa shape index (κ3) is 2.22. The molecule has 0 bridgehead atoms. The molecule has 92 valence electrons. The first-order chi connectivity index (χ1) is 8.65. The van der Waals surface area contributed by atoms with Crippen LogP contribution >= 0.6 is 0 Å². The third-order valence-corrected chi connectivity index (χ3v) is 2.57. The van der Waals surface area contributed by atoms with Crippen molar-refractivity contribution in [1.29, 1.82) is 0 Å². The van der Waals surface area contributed by atoms with Crippen molar-refractivity contribution in [2.45, 2.75) is 0 Å². The van der Waals surface area contributed by atoms with Gasteiger partial charge < -0.3 is 4.74 Å². The van der Waals surface area contributed by atoms with E-state index in [1.165, 1.54) is 7.11 Å². The molecule has 0 unspecified atom stereocenters. The molecule has 0 radical (unpaired) electrons. The van der Waals surface area contributed by atoms with E-state index in [1.807, 2.05) is 0 Å². The minimum absolute atomic E-state index is 0.0271. The highest BCUT2D eigenvalue weighted by Gasteiger charge is 2.13. The van der Waals surface area contributed by atoms with Crippen molar-refractivity contribution in [3.8, 4) is 16.9 Å². The van der Waals surface area contributed by atoms with Crippen LogP contribution in [0.5, 0.6) is 5.75 Å². The highest BCUT2D eigenvalue weighted by molar-refractivity contribution is 5.88. The second-order valence-corrected chi connectivity index (χ2v) is 3.70. The molecular formula is C14H10F2O2. The lowest BCUT2D eigenvalue weighted by molar-refractivity contribution is 0.112. The van der Waals surface area contributed by atoms with E-state index in [2.05, 4.69) is 0 Å². The zero-order valence-corrected chi connectivity index (χ0v) is 9.61. The molecule has 0 aliphatic heterocycles. The molecule has 0 fully saturated rings. The van der Waals surface area contributed by atoms with Gasteiger partial charge in [0.1, 0.15) is 17.4 Å². The van der Waals surface area contributed by atoms with E-state index in [0.29, 0.717) is 17.6 Å². The van der Waals surface area contributed by atoms with E-state index in [-0.39, 0.29) is 11.1 Å². The largest absolute Gasteiger partial charge is 0.497 e. The summed E-state index contributed by atoms with van der Waals surface area (Å²) in [6.45, 7) is 0. The number of rotatable bonds is 3. The molecule has 0 aliphatic carbocycles. The molecule has 0 aromatic heterocycles. The summed E-state index contributed by atoms with van der Waals surface area (Å²) in [4.78, 5) is 10.9. The predicted molar refractivity (Wildman–Crippen MR) is 63.7 cm³/mol. The van der Waals surface area contributed by atoms with Gasteiger partial charge in [-0.25, -0.2) is 8.78 Å². The fourth-order valence-electron chi connectivity index (χ4n) is 1.77. The lowest BCUT2D eigenvalue weighted by Crippen LogP contribution is -1.95. The van der Waals surface area contributed by atoms with Gasteiger partial charge in [-0.3, -0.25) is 4.79 Å². The van der Waals surface area contributed by atoms with Crippen LogP contribution in [-0.4, -0.2) is 13.4 Å². The Bertz CT molecular complexity index is 594. The Balaban J connectivity index is 2.65. The number of carbonyl (C=O) groups is 1. The van der Waals surface area contributed by atoms with E-state index in [1.54, 1.807) is 24.3 Å². The van der Waals surface area contributed by atoms with Crippen LogP contribution in [0.15, 0.2) is 36.4 Å². The molecule has 2 aromatic rings. The Morgan fingerprint density at radius 2 is 1.94 bits per heavy atom. The van der Waals surface area contributed by atoms with Crippen LogP contribution in [0.1, 0.15) is 10.4 Å². The van der Waals surface area contributed by atoms with Gasteiger partial charge in [-0.15, -0.1) is 0 Å². The number of hydrogen-bond acceptors (Lipinski definition) is 2. The zero-order valence-electron chi connectivity index (χ0n) is 9.61. The standard InChI is InChI=1S/C14H10F2O2/c1-18-12-4-2-3-9(6-12)14-10(8-17)5-11(15)7-13(14)16/h2-8H,1H3. The summed E-state index contributed by atoms with van der Waals surface area (Å²) < 4.78 is 31.8. The van der Waals surface area contributed by atoms with Gasteiger partial charge in [-0.05, 0) is 23.8 Å². The molecule has 0 saturated heterocycles. The first-order valence-electron chi connectivity index (χ1n) is 5.24. The summed E-state index contributed by atoms with van der Waals surface area (Å²) >= 11 is 0. The molecular weight excluding hydrogens is 238 g/mol. The summed E-state index contributed by atoms with van der Waals surface area (Å²) in [7, 11) is 1.49. The molecule has 0 N–H and O–H groups in total. The molecule has 0 heterocycles. The van der Waals surface area contributed by atoms with Crippen molar-refractivity contribution in [3.05, 3.63) is 53.6 Å². The van der Waals surface area contributed by atoms with Gasteiger partial charge in [0.2, 0.25) is 0 Å². The van der Waals surface area contributed by atoms with Crippen LogP contribution < -0.4 is 4.74 Å². The minimum Gasteiger partial charge on any atom is -0.497 e. The van der Waals surface area contributed by atoms with Crippen molar-refractivity contribution in [3.63, 3.8) is 0 Å². The van der Waals surface area contributed by atoms with E-state index in [4.69, 9.17) is 4.74 Å². The fourth-order valence-corrected chi connectivity index (χ4v) is 1.77. The molecule has 2 nitrogen and oxygen atoms in total. The smallest absolute Gasteiger partial charge is 0.150 e. The average molecular weight is 248 g/mol. The fraction of sp³-hybridized carbons (Fsp3) is 0.0714. The van der Waals surface area contributed by atoms with Crippen molar-refractivity contribution >= 4 is 6.29 Å². The van der Waals surface area contributed by atoms with E-state index in [0.717, 1.165) is 12.1 Å². The van der Waals surface area contributed by atoms with Gasteiger partial charge >= 0.3 is 0 Å². The van der Waals surface area contributed by atoms with Crippen molar-refractivity contribution in [2.24, 2.45) is 0 Å². The lowest BCUT2D eigenvalue weighted by atomic mass is 9.99. The highest BCUT2D eigenvalue weighted by Crippen LogP contribution is 2.29. The number of ether oxygens (including phenoxy) is 1. The van der Waals surface area contributed by atoms with E-state index >= 15 is 0 Å². The van der Waals surface area contributed by atoms with E-state index < -0.39 is 11.6 Å². The Morgan fingerprint density at radius 3 is 2.61 bits per heavy atom. The summed E-state index contributed by atoms with van der Waals surface area (Å²) in [6.07, 6.45) is 0.432. The Hall–Kier alpha value is -2.23. The number of carbonyl (C=O) groups excluding carboxylic acids is 1. The normalized spacial score (nSPS) is 10.2. The topological polar surface area (TPSA) is 26.3 Å². The van der Waals surface area contributed by atoms with Crippen LogP contribution in [0.25, 0.3) is 11.1 Å². The Labute approximate surface area is 103 Å². The maximum atomic E-state index is 13.8. The molecule has 0 spiro atoms. The van der Waals surface area contributed by atoms with Crippen LogP contribution in [0, 0.1) is 11.6 Å². The number of methoxy groups -OCH3 is 1. The second kappa shape index (κ2) is 4.96. The van der Waals surface area contributed by atoms with Gasteiger partial charge in [-0.1, -0.05) is 12.1 Å². The van der Waals surface area contributed by atoms with Crippen molar-refractivity contribution in [2.75, 3.05) is 7.11 Å². The van der Waals surface area contributed by atoms with Crippen molar-refractivity contribution in [1.82, 2.24) is 0 Å². The van der Waals surface area contributed by atoms with Crippen molar-refractivity contribution < 1.29 is 18.3 Å². The van der Waals surface area contributed by atoms with Gasteiger partial charge in [0.15, 0.2) is 6.29 Å². The number of aldehydes is 1. The highest BCUT2D eigenvalue weighted by atomic mass is 19.1. The number of benzene rings is 2. The molecule has 0 aliphatic rings. The zero-order chi connectivity index (χ0) is 13.1. The van der Waals surface area contributed by atoms with Gasteiger partial charge in [-0.2, -0.15) is 0 Å². The molecule has 4 heteroatoms. The average Bonchev–Trinajstić information content (AvgIpc) is 2.37. The Kier molecular flexibility index (Phi) is 3.37. The number of halogens is 2. The van der Waals surface area contributed by atoms with Crippen LogP contribution in [0.3, 0.4) is 0 Å². The molecule has 0 atom stereocenters. The summed E-state index contributed by atoms with van der Waals surface area (Å²) in [5.41, 5.74) is 0.514. The summed E-state index contributed by atoms with van der Waals surface area (Å²) in [6, 6.07) is 8.35. The monoisotopic (exact) mass is 248 g/mol. The molecule has 0 amide bonds. The number of hydrogen-bond donors (Lipinski definition) is 0. The minimum atomic E-state index is -0.777. The molecule has 18 heavy (non-hydrogen) atoms. The third-order valence-electron chi connectivity index (χ3n) is 2.57. The van der Waals surface area contributed by atoms with E-state index in [9.17, 15) is 13.6 Å². The Morgan fingerprint density at radius 1 is 1.17 bits per heavy atom. The maximum absolute atomic E-state index is 13.8. The summed E-state index contributed by atoms with van der Waals surface area (Å²) in [5, 5.41) is 0. The SMILES string of the molecule is COc1cccc(-c2c(F)cc(F)cc2C=O)c1. The first kappa shape index (κ1) is 12.2. The molecule has 0 saturated carbocycles. The second-order valence-electron chi connectivity index (χ2n) is 3.70. The first-order valence-corrected chi connectivity index (χ1v) is 5.24. The molecule has 2 rings (SSSR count). The van der Waals surface area contributed by atoms with Gasteiger partial charge in [0.05, 0.1) is 7.11 Å². The maximum Gasteiger partial charge on any atom is 0.150 e. The summed E-state index contributed by atoms with van der Waals surface area (Å²) in [5.74, 6) is -1.01. The molecule has 2 aromatic carbocycles. The van der Waals surface area contributed by atoms with Crippen LogP contribution in [0.4, 0.5) is 8.78 Å². The van der Waals surface area contributed by atoms with Crippen LogP contribution in [-0.2, 0) is 0 Å². The quantitative estimate of drug-likeness (QED) is 0.777. The lowest BCUT2D eigenvalue weighted by Gasteiger charge is -2.08. The predicted octanol–water partition coefficient (Wildman–Crippen LogP) is 3.45. The van der Waals surface area contributed by atoms with Gasteiger partial charge in [0, 0.05) is 17.2 Å². The van der Waals surface area contributed by atoms with Gasteiger partial charge in [0.25, 0.3) is 0 Å².